The maximum Gasteiger partial charge on any atom is 0.327 e. The molecule has 0 amide bonds. The molecule has 1 N–H and O–H groups in total. The van der Waals surface area contributed by atoms with Gasteiger partial charge in [-0.15, -0.1) is 10.2 Å². The molecule has 0 bridgehead atoms. The van der Waals surface area contributed by atoms with Crippen LogP contribution in [-0.2, 0) is 9.53 Å². The number of hydrogen-bond acceptors (Lipinski definition) is 5. The zero-order chi connectivity index (χ0) is 13.0. The van der Waals surface area contributed by atoms with Crippen LogP contribution >= 0.6 is 0 Å². The fraction of sp³-hybridized carbons (Fsp3) is 0.250. The third-order valence-corrected chi connectivity index (χ3v) is 2.50. The molecule has 0 saturated carbocycles. The van der Waals surface area contributed by atoms with Crippen molar-refractivity contribution in [2.24, 2.45) is 0 Å². The number of aromatic nitrogens is 3. The first-order valence-corrected chi connectivity index (χ1v) is 5.50. The van der Waals surface area contributed by atoms with E-state index in [4.69, 9.17) is 0 Å². The van der Waals surface area contributed by atoms with Gasteiger partial charge in [0.1, 0.15) is 18.7 Å². The highest BCUT2D eigenvalue weighted by Crippen LogP contribution is 2.15. The molecule has 1 aromatic heterocycles. The zero-order valence-corrected chi connectivity index (χ0v) is 10.2. The Kier molecular flexibility index (Phi) is 3.57. The van der Waals surface area contributed by atoms with Crippen LogP contribution in [0.4, 0.5) is 5.69 Å². The van der Waals surface area contributed by atoms with E-state index in [1.807, 2.05) is 24.3 Å². The molecule has 0 spiro atoms. The van der Waals surface area contributed by atoms with E-state index in [1.165, 1.54) is 7.11 Å². The van der Waals surface area contributed by atoms with Crippen molar-refractivity contribution in [3.63, 3.8) is 0 Å². The van der Waals surface area contributed by atoms with Crippen molar-refractivity contribution in [1.82, 2.24) is 14.8 Å². The molecule has 1 heterocycles. The molecule has 0 saturated heterocycles. The molecule has 0 radical (unpaired) electrons. The van der Waals surface area contributed by atoms with E-state index in [2.05, 4.69) is 20.3 Å². The van der Waals surface area contributed by atoms with E-state index >= 15 is 0 Å². The van der Waals surface area contributed by atoms with E-state index < -0.39 is 6.04 Å². The SMILES string of the molecule is COC(=O)C(C)Nc1cccc(-n2cnnc2)c1. The monoisotopic (exact) mass is 246 g/mol. The molecule has 0 aliphatic carbocycles. The van der Waals surface area contributed by atoms with Crippen LogP contribution in [0.5, 0.6) is 0 Å². The molecule has 0 fully saturated rings. The Morgan fingerprint density at radius 3 is 2.78 bits per heavy atom. The van der Waals surface area contributed by atoms with Crippen LogP contribution in [0.15, 0.2) is 36.9 Å². The minimum atomic E-state index is -0.397. The summed E-state index contributed by atoms with van der Waals surface area (Å²) in [5.74, 6) is -0.301. The molecule has 2 rings (SSSR count). The van der Waals surface area contributed by atoms with Crippen molar-refractivity contribution in [2.75, 3.05) is 12.4 Å². The van der Waals surface area contributed by atoms with Gasteiger partial charge >= 0.3 is 5.97 Å². The molecule has 0 aliphatic heterocycles. The normalized spacial score (nSPS) is 11.9. The van der Waals surface area contributed by atoms with Gasteiger partial charge in [-0.2, -0.15) is 0 Å². The summed E-state index contributed by atoms with van der Waals surface area (Å²) in [7, 11) is 1.37. The second kappa shape index (κ2) is 5.31. The van der Waals surface area contributed by atoms with Crippen LogP contribution in [0.3, 0.4) is 0 Å². The Hall–Kier alpha value is -2.37. The van der Waals surface area contributed by atoms with Gasteiger partial charge in [0, 0.05) is 5.69 Å². The Bertz CT molecular complexity index is 525. The van der Waals surface area contributed by atoms with Gasteiger partial charge in [0.2, 0.25) is 0 Å². The Morgan fingerprint density at radius 1 is 1.39 bits per heavy atom. The molecular formula is C12H14N4O2. The number of carbonyl (C=O) groups excluding carboxylic acids is 1. The summed E-state index contributed by atoms with van der Waals surface area (Å²) < 4.78 is 6.45. The van der Waals surface area contributed by atoms with Gasteiger partial charge in [0.15, 0.2) is 0 Å². The van der Waals surface area contributed by atoms with Crippen LogP contribution in [0.2, 0.25) is 0 Å². The fourth-order valence-electron chi connectivity index (χ4n) is 1.58. The van der Waals surface area contributed by atoms with E-state index in [9.17, 15) is 4.79 Å². The summed E-state index contributed by atoms with van der Waals surface area (Å²) >= 11 is 0. The summed E-state index contributed by atoms with van der Waals surface area (Å²) in [4.78, 5) is 11.3. The van der Waals surface area contributed by atoms with Gasteiger partial charge in [-0.1, -0.05) is 6.07 Å². The molecule has 0 aliphatic rings. The average Bonchev–Trinajstić information content (AvgIpc) is 2.92. The second-order valence-corrected chi connectivity index (χ2v) is 3.81. The molecule has 18 heavy (non-hydrogen) atoms. The fourth-order valence-corrected chi connectivity index (χ4v) is 1.58. The lowest BCUT2D eigenvalue weighted by Gasteiger charge is -2.13. The quantitative estimate of drug-likeness (QED) is 0.822. The average molecular weight is 246 g/mol. The third-order valence-electron chi connectivity index (χ3n) is 2.50. The van der Waals surface area contributed by atoms with Gasteiger partial charge in [0.25, 0.3) is 0 Å². The first kappa shape index (κ1) is 12.1. The zero-order valence-electron chi connectivity index (χ0n) is 10.2. The number of anilines is 1. The molecule has 94 valence electrons. The number of methoxy groups -OCH3 is 1. The Labute approximate surface area is 105 Å². The highest BCUT2D eigenvalue weighted by molar-refractivity contribution is 5.78. The van der Waals surface area contributed by atoms with Crippen molar-refractivity contribution in [2.45, 2.75) is 13.0 Å². The maximum atomic E-state index is 11.3. The first-order valence-electron chi connectivity index (χ1n) is 5.50. The summed E-state index contributed by atoms with van der Waals surface area (Å²) in [5, 5.41) is 10.6. The summed E-state index contributed by atoms with van der Waals surface area (Å²) in [6.07, 6.45) is 3.23. The lowest BCUT2D eigenvalue weighted by Crippen LogP contribution is -2.27. The summed E-state index contributed by atoms with van der Waals surface area (Å²) in [6, 6.07) is 7.21. The summed E-state index contributed by atoms with van der Waals surface area (Å²) in [6.45, 7) is 1.75. The second-order valence-electron chi connectivity index (χ2n) is 3.81. The van der Waals surface area contributed by atoms with Crippen molar-refractivity contribution >= 4 is 11.7 Å². The molecule has 1 atom stereocenters. The van der Waals surface area contributed by atoms with Crippen LogP contribution in [0, 0.1) is 0 Å². The van der Waals surface area contributed by atoms with Gasteiger partial charge in [0.05, 0.1) is 12.8 Å². The minimum Gasteiger partial charge on any atom is -0.467 e. The predicted octanol–water partition coefficient (Wildman–Crippen LogP) is 1.24. The van der Waals surface area contributed by atoms with Crippen molar-refractivity contribution < 1.29 is 9.53 Å². The van der Waals surface area contributed by atoms with Crippen LogP contribution < -0.4 is 5.32 Å². The molecule has 6 heteroatoms. The van der Waals surface area contributed by atoms with Crippen LogP contribution in [0.25, 0.3) is 5.69 Å². The number of hydrogen-bond donors (Lipinski definition) is 1. The molecule has 1 unspecified atom stereocenters. The van der Waals surface area contributed by atoms with Gasteiger partial charge < -0.3 is 10.1 Å². The van der Waals surface area contributed by atoms with Gasteiger partial charge in [-0.3, -0.25) is 4.57 Å². The van der Waals surface area contributed by atoms with Crippen molar-refractivity contribution in [3.05, 3.63) is 36.9 Å². The lowest BCUT2D eigenvalue weighted by molar-refractivity contribution is -0.141. The van der Waals surface area contributed by atoms with E-state index in [-0.39, 0.29) is 5.97 Å². The number of carbonyl (C=O) groups is 1. The molecule has 1 aromatic carbocycles. The lowest BCUT2D eigenvalue weighted by atomic mass is 10.2. The number of ether oxygens (including phenoxy) is 1. The highest BCUT2D eigenvalue weighted by atomic mass is 16.5. The van der Waals surface area contributed by atoms with Crippen LogP contribution in [-0.4, -0.2) is 33.9 Å². The number of nitrogens with one attached hydrogen (secondary N) is 1. The van der Waals surface area contributed by atoms with E-state index in [1.54, 1.807) is 24.1 Å². The molecular weight excluding hydrogens is 232 g/mol. The molecule has 6 nitrogen and oxygen atoms in total. The van der Waals surface area contributed by atoms with Crippen molar-refractivity contribution in [1.29, 1.82) is 0 Å². The number of nitrogens with zero attached hydrogens (tertiary/aromatic N) is 3. The maximum absolute atomic E-state index is 11.3. The standard InChI is InChI=1S/C12H14N4O2/c1-9(12(17)18-2)15-10-4-3-5-11(6-10)16-7-13-14-8-16/h3-9,15H,1-2H3. The molecule has 2 aromatic rings. The topological polar surface area (TPSA) is 69.0 Å². The predicted molar refractivity (Wildman–Crippen MR) is 66.5 cm³/mol. The minimum absolute atomic E-state index is 0.301. The number of rotatable bonds is 4. The van der Waals surface area contributed by atoms with Crippen molar-refractivity contribution in [3.8, 4) is 5.69 Å². The number of esters is 1. The van der Waals surface area contributed by atoms with E-state index in [0.717, 1.165) is 11.4 Å². The van der Waals surface area contributed by atoms with Gasteiger partial charge in [-0.25, -0.2) is 4.79 Å². The smallest absolute Gasteiger partial charge is 0.327 e. The third kappa shape index (κ3) is 2.65. The van der Waals surface area contributed by atoms with E-state index in [0.29, 0.717) is 0 Å². The Morgan fingerprint density at radius 2 is 2.11 bits per heavy atom. The van der Waals surface area contributed by atoms with Crippen LogP contribution in [0.1, 0.15) is 6.92 Å². The summed E-state index contributed by atoms with van der Waals surface area (Å²) in [5.41, 5.74) is 1.75. The largest absolute Gasteiger partial charge is 0.467 e. The first-order chi connectivity index (χ1) is 8.70. The Balaban J connectivity index is 2.15. The highest BCUT2D eigenvalue weighted by Gasteiger charge is 2.12. The number of benzene rings is 1. The van der Waals surface area contributed by atoms with Gasteiger partial charge in [-0.05, 0) is 25.1 Å².